The molecular weight excluding hydrogens is 414 g/mol. The van der Waals surface area contributed by atoms with Crippen LogP contribution >= 0.6 is 0 Å². The van der Waals surface area contributed by atoms with E-state index in [0.717, 1.165) is 48.4 Å². The smallest absolute Gasteiger partial charge is 0.252 e. The predicted octanol–water partition coefficient (Wildman–Crippen LogP) is 3.88. The lowest BCUT2D eigenvalue weighted by Gasteiger charge is -2.22. The Hall–Kier alpha value is -2.96. The largest absolute Gasteiger partial charge is 0.496 e. The molecule has 0 radical (unpaired) electrons. The van der Waals surface area contributed by atoms with Crippen LogP contribution < -0.4 is 10.1 Å². The number of benzene rings is 2. The monoisotopic (exact) mass is 447 g/mol. The van der Waals surface area contributed by atoms with Crippen molar-refractivity contribution in [1.29, 1.82) is 0 Å². The molecule has 1 fully saturated rings. The van der Waals surface area contributed by atoms with Gasteiger partial charge in [-0.1, -0.05) is 18.2 Å². The van der Waals surface area contributed by atoms with Crippen LogP contribution in [-0.4, -0.2) is 54.2 Å². The number of rotatable bonds is 7. The molecule has 4 rings (SSSR count). The standard InChI is InChI=1S/C27H33N3O3/c1-17-13-26(33-4)19(3)18(2)23(17)16-30-11-9-20(15-30)25-14-22(27(32)28-10-12-31)21-7-5-6-8-24(21)29-25/h5-8,13-14,20,31H,9-12,15-16H2,1-4H3,(H,28,32). The van der Waals surface area contributed by atoms with Gasteiger partial charge in [-0.05, 0) is 74.2 Å². The van der Waals surface area contributed by atoms with Gasteiger partial charge in [0.1, 0.15) is 5.75 Å². The lowest BCUT2D eigenvalue weighted by atomic mass is 9.97. The zero-order chi connectivity index (χ0) is 23.5. The van der Waals surface area contributed by atoms with Gasteiger partial charge < -0.3 is 15.2 Å². The molecule has 6 nitrogen and oxygen atoms in total. The summed E-state index contributed by atoms with van der Waals surface area (Å²) in [6.07, 6.45) is 1.01. The summed E-state index contributed by atoms with van der Waals surface area (Å²) < 4.78 is 5.53. The molecule has 0 saturated carbocycles. The highest BCUT2D eigenvalue weighted by Crippen LogP contribution is 2.33. The number of carbonyl (C=O) groups excluding carboxylic acids is 1. The maximum absolute atomic E-state index is 12.8. The zero-order valence-electron chi connectivity index (χ0n) is 19.9. The van der Waals surface area contributed by atoms with E-state index in [2.05, 4.69) is 37.1 Å². The lowest BCUT2D eigenvalue weighted by Crippen LogP contribution is -2.27. The van der Waals surface area contributed by atoms with Crippen LogP contribution in [0, 0.1) is 20.8 Å². The average Bonchev–Trinajstić information content (AvgIpc) is 3.30. The minimum atomic E-state index is -0.168. The Morgan fingerprint density at radius 2 is 2.00 bits per heavy atom. The van der Waals surface area contributed by atoms with E-state index in [1.54, 1.807) is 7.11 Å². The number of aryl methyl sites for hydroxylation is 1. The van der Waals surface area contributed by atoms with Gasteiger partial charge in [0.05, 0.1) is 24.8 Å². The summed E-state index contributed by atoms with van der Waals surface area (Å²) in [6, 6.07) is 11.8. The van der Waals surface area contributed by atoms with Crippen molar-refractivity contribution in [2.75, 3.05) is 33.4 Å². The van der Waals surface area contributed by atoms with Crippen molar-refractivity contribution < 1.29 is 14.6 Å². The van der Waals surface area contributed by atoms with Crippen molar-refractivity contribution in [2.24, 2.45) is 0 Å². The summed E-state index contributed by atoms with van der Waals surface area (Å²) in [6.45, 7) is 9.41. The maximum Gasteiger partial charge on any atom is 0.252 e. The van der Waals surface area contributed by atoms with E-state index < -0.39 is 0 Å². The molecule has 2 aromatic carbocycles. The highest BCUT2D eigenvalue weighted by atomic mass is 16.5. The van der Waals surface area contributed by atoms with Gasteiger partial charge in [-0.25, -0.2) is 0 Å². The SMILES string of the molecule is COc1cc(C)c(CN2CCC(c3cc(C(=O)NCCO)c4ccccc4n3)C2)c(C)c1C. The summed E-state index contributed by atoms with van der Waals surface area (Å²) in [5.74, 6) is 1.05. The van der Waals surface area contributed by atoms with Gasteiger partial charge in [0.25, 0.3) is 5.91 Å². The van der Waals surface area contributed by atoms with E-state index >= 15 is 0 Å². The first-order chi connectivity index (χ1) is 15.9. The molecule has 1 aliphatic heterocycles. The molecule has 1 amide bonds. The Kier molecular flexibility index (Phi) is 6.96. The molecule has 174 valence electrons. The minimum Gasteiger partial charge on any atom is -0.496 e. The number of aliphatic hydroxyl groups excluding tert-OH is 1. The number of amides is 1. The number of nitrogens with zero attached hydrogens (tertiary/aromatic N) is 2. The van der Waals surface area contributed by atoms with Crippen LogP contribution in [0.5, 0.6) is 5.75 Å². The molecule has 1 aromatic heterocycles. The summed E-state index contributed by atoms with van der Waals surface area (Å²) in [5, 5.41) is 12.7. The van der Waals surface area contributed by atoms with Crippen molar-refractivity contribution in [2.45, 2.75) is 39.7 Å². The van der Waals surface area contributed by atoms with Crippen LogP contribution in [0.1, 0.15) is 50.6 Å². The summed E-state index contributed by atoms with van der Waals surface area (Å²) in [7, 11) is 1.72. The van der Waals surface area contributed by atoms with Gasteiger partial charge in [-0.15, -0.1) is 0 Å². The average molecular weight is 448 g/mol. The number of hydrogen-bond donors (Lipinski definition) is 2. The number of hydrogen-bond acceptors (Lipinski definition) is 5. The van der Waals surface area contributed by atoms with E-state index in [-0.39, 0.29) is 25.0 Å². The highest BCUT2D eigenvalue weighted by molar-refractivity contribution is 6.06. The molecule has 1 aliphatic rings. The molecule has 0 bridgehead atoms. The summed E-state index contributed by atoms with van der Waals surface area (Å²) in [4.78, 5) is 20.2. The van der Waals surface area contributed by atoms with Crippen molar-refractivity contribution in [3.8, 4) is 5.75 Å². The molecule has 1 saturated heterocycles. The first-order valence-corrected chi connectivity index (χ1v) is 11.6. The third-order valence-electron chi connectivity index (χ3n) is 6.88. The second-order valence-electron chi connectivity index (χ2n) is 8.94. The van der Waals surface area contributed by atoms with E-state index in [0.29, 0.717) is 5.56 Å². The van der Waals surface area contributed by atoms with Crippen molar-refractivity contribution in [1.82, 2.24) is 15.2 Å². The molecular formula is C27H33N3O3. The Balaban J connectivity index is 1.58. The number of carbonyl (C=O) groups is 1. The maximum atomic E-state index is 12.8. The van der Waals surface area contributed by atoms with Crippen molar-refractivity contribution in [3.05, 3.63) is 69.9 Å². The van der Waals surface area contributed by atoms with Crippen LogP contribution in [0.15, 0.2) is 36.4 Å². The molecule has 3 aromatic rings. The number of methoxy groups -OCH3 is 1. The van der Waals surface area contributed by atoms with Crippen LogP contribution in [-0.2, 0) is 6.54 Å². The molecule has 6 heteroatoms. The third-order valence-corrected chi connectivity index (χ3v) is 6.88. The number of aliphatic hydroxyl groups is 1. The number of aromatic nitrogens is 1. The Labute approximate surface area is 195 Å². The molecule has 0 aliphatic carbocycles. The van der Waals surface area contributed by atoms with Gasteiger partial charge >= 0.3 is 0 Å². The molecule has 2 heterocycles. The zero-order valence-corrected chi connectivity index (χ0v) is 19.9. The Bertz CT molecular complexity index is 1170. The molecule has 0 spiro atoms. The highest BCUT2D eigenvalue weighted by Gasteiger charge is 2.27. The molecule has 1 unspecified atom stereocenters. The van der Waals surface area contributed by atoms with E-state index in [1.807, 2.05) is 30.3 Å². The summed E-state index contributed by atoms with van der Waals surface area (Å²) in [5.41, 5.74) is 7.53. The molecule has 1 atom stereocenters. The second kappa shape index (κ2) is 9.89. The predicted molar refractivity (Wildman–Crippen MR) is 131 cm³/mol. The lowest BCUT2D eigenvalue weighted by molar-refractivity contribution is 0.0946. The first kappa shape index (κ1) is 23.2. The van der Waals surface area contributed by atoms with E-state index in [4.69, 9.17) is 14.8 Å². The van der Waals surface area contributed by atoms with Crippen LogP contribution in [0.3, 0.4) is 0 Å². The summed E-state index contributed by atoms with van der Waals surface area (Å²) >= 11 is 0. The second-order valence-corrected chi connectivity index (χ2v) is 8.94. The number of para-hydroxylation sites is 1. The number of likely N-dealkylation sites (tertiary alicyclic amines) is 1. The fraction of sp³-hybridized carbons (Fsp3) is 0.407. The fourth-order valence-electron chi connectivity index (χ4n) is 4.85. The van der Waals surface area contributed by atoms with Gasteiger partial charge in [-0.3, -0.25) is 14.7 Å². The van der Waals surface area contributed by atoms with Gasteiger partial charge in [0.15, 0.2) is 0 Å². The Morgan fingerprint density at radius 1 is 1.21 bits per heavy atom. The normalized spacial score (nSPS) is 16.3. The first-order valence-electron chi connectivity index (χ1n) is 11.6. The van der Waals surface area contributed by atoms with Gasteiger partial charge in [-0.2, -0.15) is 0 Å². The number of ether oxygens (including phenoxy) is 1. The quantitative estimate of drug-likeness (QED) is 0.575. The van der Waals surface area contributed by atoms with Crippen molar-refractivity contribution in [3.63, 3.8) is 0 Å². The fourth-order valence-corrected chi connectivity index (χ4v) is 4.85. The number of nitrogens with one attached hydrogen (secondary N) is 1. The van der Waals surface area contributed by atoms with Crippen LogP contribution in [0.25, 0.3) is 10.9 Å². The third kappa shape index (κ3) is 4.72. The van der Waals surface area contributed by atoms with Crippen LogP contribution in [0.2, 0.25) is 0 Å². The van der Waals surface area contributed by atoms with Gasteiger partial charge in [0.2, 0.25) is 0 Å². The molecule has 33 heavy (non-hydrogen) atoms. The van der Waals surface area contributed by atoms with Crippen LogP contribution in [0.4, 0.5) is 0 Å². The number of pyridine rings is 1. The van der Waals surface area contributed by atoms with Gasteiger partial charge in [0, 0.05) is 36.6 Å². The van der Waals surface area contributed by atoms with E-state index in [9.17, 15) is 4.79 Å². The number of fused-ring (bicyclic) bond motifs is 1. The minimum absolute atomic E-state index is 0.0805. The van der Waals surface area contributed by atoms with E-state index in [1.165, 1.54) is 22.3 Å². The Morgan fingerprint density at radius 3 is 2.76 bits per heavy atom. The van der Waals surface area contributed by atoms with Crippen molar-refractivity contribution >= 4 is 16.8 Å². The molecule has 2 N–H and O–H groups in total. The topological polar surface area (TPSA) is 74.7 Å².